The summed E-state index contributed by atoms with van der Waals surface area (Å²) in [6.45, 7) is 0. The van der Waals surface area contributed by atoms with Crippen molar-refractivity contribution in [3.05, 3.63) is 0 Å². The first kappa shape index (κ1) is 30.9. The number of nitrogens with one attached hydrogen (secondary N) is 3. The van der Waals surface area contributed by atoms with E-state index in [4.69, 9.17) is 4.74 Å². The Morgan fingerprint density at radius 2 is 0.844 bits per heavy atom. The zero-order valence-electron chi connectivity index (χ0n) is 28.8. The second-order valence-electron chi connectivity index (χ2n) is 18.6. The molecule has 7 aliphatic carbocycles. The first-order valence-electron chi connectivity index (χ1n) is 21.2. The van der Waals surface area contributed by atoms with E-state index in [0.717, 1.165) is 65.1 Å². The molecule has 2 saturated heterocycles. The molecule has 0 aromatic rings. The van der Waals surface area contributed by atoms with E-state index in [1.54, 1.807) is 38.5 Å². The smallest absolute Gasteiger partial charge is 0.0624 e. The molecule has 2 heterocycles. The van der Waals surface area contributed by atoms with Crippen LogP contribution in [-0.4, -0.2) is 30.7 Å². The van der Waals surface area contributed by atoms with Gasteiger partial charge in [-0.1, -0.05) is 77.0 Å². The average molecular weight is 620 g/mol. The van der Waals surface area contributed by atoms with Crippen molar-refractivity contribution in [2.24, 2.45) is 65.1 Å². The molecule has 4 nitrogen and oxygen atoms in total. The van der Waals surface area contributed by atoms with E-state index in [1.165, 1.54) is 122 Å². The zero-order chi connectivity index (χ0) is 29.7. The number of hydrogen-bond donors (Lipinski definition) is 3. The number of rotatable bonds is 4. The number of fused-ring (bicyclic) bond motifs is 6. The normalized spacial score (nSPS) is 51.5. The number of hydrogen-bond acceptors (Lipinski definition) is 4. The van der Waals surface area contributed by atoms with Gasteiger partial charge in [0.15, 0.2) is 0 Å². The lowest BCUT2D eigenvalue weighted by Crippen LogP contribution is -2.72. The van der Waals surface area contributed by atoms with Gasteiger partial charge in [0.25, 0.3) is 0 Å². The highest BCUT2D eigenvalue weighted by Gasteiger charge is 2.58. The van der Waals surface area contributed by atoms with Crippen LogP contribution >= 0.6 is 0 Å². The highest BCUT2D eigenvalue weighted by molar-refractivity contribution is 5.07. The monoisotopic (exact) mass is 620 g/mol. The van der Waals surface area contributed by atoms with Crippen molar-refractivity contribution < 1.29 is 4.74 Å². The van der Waals surface area contributed by atoms with Crippen LogP contribution in [0.5, 0.6) is 0 Å². The van der Waals surface area contributed by atoms with Crippen LogP contribution in [0.3, 0.4) is 0 Å². The van der Waals surface area contributed by atoms with Gasteiger partial charge in [0.2, 0.25) is 0 Å². The lowest BCUT2D eigenvalue weighted by molar-refractivity contribution is -0.0734. The van der Waals surface area contributed by atoms with Crippen molar-refractivity contribution in [2.45, 2.75) is 191 Å². The minimum absolute atomic E-state index is 0.495. The van der Waals surface area contributed by atoms with Crippen LogP contribution in [0.15, 0.2) is 0 Å². The van der Waals surface area contributed by atoms with Gasteiger partial charge < -0.3 is 4.74 Å². The van der Waals surface area contributed by atoms with Gasteiger partial charge in [-0.15, -0.1) is 0 Å². The molecule has 0 radical (unpaired) electrons. The fourth-order valence-corrected chi connectivity index (χ4v) is 14.4. The van der Waals surface area contributed by atoms with Gasteiger partial charge in [0.1, 0.15) is 0 Å². The van der Waals surface area contributed by atoms with Crippen LogP contribution < -0.4 is 16.0 Å². The summed E-state index contributed by atoms with van der Waals surface area (Å²) in [5.74, 6) is 10.3. The van der Waals surface area contributed by atoms with E-state index in [2.05, 4.69) is 16.0 Å². The summed E-state index contributed by atoms with van der Waals surface area (Å²) in [7, 11) is 0. The van der Waals surface area contributed by atoms with E-state index in [0.29, 0.717) is 30.7 Å². The predicted molar refractivity (Wildman–Crippen MR) is 183 cm³/mol. The highest BCUT2D eigenvalue weighted by atomic mass is 16.5. The van der Waals surface area contributed by atoms with Gasteiger partial charge in [-0.2, -0.15) is 0 Å². The molecule has 0 amide bonds. The van der Waals surface area contributed by atoms with Crippen LogP contribution in [0.25, 0.3) is 0 Å². The summed E-state index contributed by atoms with van der Waals surface area (Å²) in [5, 5.41) is 12.8. The molecule has 2 aliphatic heterocycles. The summed E-state index contributed by atoms with van der Waals surface area (Å²) in [4.78, 5) is 0. The van der Waals surface area contributed by atoms with Crippen molar-refractivity contribution in [2.75, 3.05) is 0 Å². The molecule has 254 valence electrons. The molecular weight excluding hydrogens is 550 g/mol. The Kier molecular flexibility index (Phi) is 9.35. The molecule has 0 aromatic carbocycles. The quantitative estimate of drug-likeness (QED) is 0.294. The SMILES string of the molecule is C1CCC(C2NC(C3CCCCC3)NC(C3CCC4OC5CC(C6CCC7CCCCC7C6)C6CCCCC6C5C4C3)N2)CC1. The molecule has 4 heteroatoms. The number of ether oxygens (including phenoxy) is 1. The maximum atomic E-state index is 7.26. The van der Waals surface area contributed by atoms with Crippen LogP contribution in [0, 0.1) is 65.1 Å². The predicted octanol–water partition coefficient (Wildman–Crippen LogP) is 9.14. The Morgan fingerprint density at radius 1 is 0.311 bits per heavy atom. The average Bonchev–Trinajstić information content (AvgIpc) is 3.50. The Bertz CT molecular complexity index is 950. The molecule has 0 aromatic heterocycles. The summed E-state index contributed by atoms with van der Waals surface area (Å²) in [6, 6.07) is 0. The largest absolute Gasteiger partial charge is 0.374 e. The summed E-state index contributed by atoms with van der Waals surface area (Å²) >= 11 is 0. The maximum absolute atomic E-state index is 7.26. The molecule has 9 aliphatic rings. The van der Waals surface area contributed by atoms with Crippen molar-refractivity contribution in [3.63, 3.8) is 0 Å². The van der Waals surface area contributed by atoms with Crippen molar-refractivity contribution in [1.29, 1.82) is 0 Å². The summed E-state index contributed by atoms with van der Waals surface area (Å²) in [5.41, 5.74) is 0. The Balaban J connectivity index is 0.911. The third-order valence-corrected chi connectivity index (χ3v) is 16.5. The minimum atomic E-state index is 0.495. The fourth-order valence-electron chi connectivity index (χ4n) is 14.4. The Labute approximate surface area is 276 Å². The molecule has 9 fully saturated rings. The zero-order valence-corrected chi connectivity index (χ0v) is 28.8. The lowest BCUT2D eigenvalue weighted by Gasteiger charge is -2.53. The molecule has 13 atom stereocenters. The second-order valence-corrected chi connectivity index (χ2v) is 18.6. The molecule has 7 saturated carbocycles. The third kappa shape index (κ3) is 6.14. The Morgan fingerprint density at radius 3 is 1.56 bits per heavy atom. The first-order valence-corrected chi connectivity index (χ1v) is 21.2. The highest BCUT2D eigenvalue weighted by Crippen LogP contribution is 2.60. The Hall–Kier alpha value is -0.160. The van der Waals surface area contributed by atoms with Crippen LogP contribution in [0.4, 0.5) is 0 Å². The summed E-state index contributed by atoms with van der Waals surface area (Å²) < 4.78 is 7.26. The van der Waals surface area contributed by atoms with Crippen molar-refractivity contribution >= 4 is 0 Å². The second kappa shape index (κ2) is 13.6. The fraction of sp³-hybridized carbons (Fsp3) is 1.00. The molecule has 9 rings (SSSR count). The van der Waals surface area contributed by atoms with Gasteiger partial charge in [-0.3, -0.25) is 16.0 Å². The van der Waals surface area contributed by atoms with Crippen LogP contribution in [-0.2, 0) is 4.74 Å². The van der Waals surface area contributed by atoms with Gasteiger partial charge in [0.05, 0.1) is 30.7 Å². The molecule has 0 spiro atoms. The van der Waals surface area contributed by atoms with E-state index >= 15 is 0 Å². The van der Waals surface area contributed by atoms with Crippen molar-refractivity contribution in [1.82, 2.24) is 16.0 Å². The first-order chi connectivity index (χ1) is 22.3. The van der Waals surface area contributed by atoms with Gasteiger partial charge >= 0.3 is 0 Å². The molecule has 13 unspecified atom stereocenters. The van der Waals surface area contributed by atoms with E-state index in [9.17, 15) is 0 Å². The summed E-state index contributed by atoms with van der Waals surface area (Å²) in [6.07, 6.45) is 39.5. The van der Waals surface area contributed by atoms with Crippen LogP contribution in [0.2, 0.25) is 0 Å². The standard InChI is InChI=1S/C41H69N3O/c1-3-12-27(13-4-1)39-42-40(28-14-5-2-6-15-28)44-41(43-39)31-21-22-36-35(24-31)38-33-18-10-9-17-32(33)34(25-37(38)45-36)30-20-19-26-11-7-8-16-29(26)23-30/h26-44H,1-25H2. The van der Waals surface area contributed by atoms with E-state index in [1.807, 2.05) is 0 Å². The minimum Gasteiger partial charge on any atom is -0.374 e. The van der Waals surface area contributed by atoms with Gasteiger partial charge in [-0.05, 0) is 149 Å². The molecule has 0 bridgehead atoms. The maximum Gasteiger partial charge on any atom is 0.0624 e. The van der Waals surface area contributed by atoms with E-state index < -0.39 is 0 Å². The lowest BCUT2D eigenvalue weighted by atomic mass is 9.52. The van der Waals surface area contributed by atoms with Crippen molar-refractivity contribution in [3.8, 4) is 0 Å². The third-order valence-electron chi connectivity index (χ3n) is 16.5. The molecule has 3 N–H and O–H groups in total. The van der Waals surface area contributed by atoms with Gasteiger partial charge in [-0.25, -0.2) is 0 Å². The molecule has 45 heavy (non-hydrogen) atoms. The topological polar surface area (TPSA) is 45.3 Å². The van der Waals surface area contributed by atoms with E-state index in [-0.39, 0.29) is 0 Å². The van der Waals surface area contributed by atoms with Gasteiger partial charge in [0, 0.05) is 0 Å². The molecular formula is C41H69N3O. The van der Waals surface area contributed by atoms with Crippen LogP contribution in [0.1, 0.15) is 161 Å².